The molecule has 4 rings (SSSR count). The topological polar surface area (TPSA) is 72.3 Å². The normalized spacial score (nSPS) is 19.5. The third-order valence-electron chi connectivity index (χ3n) is 5.07. The van der Waals surface area contributed by atoms with Crippen LogP contribution in [0.1, 0.15) is 47.4 Å². The van der Waals surface area contributed by atoms with Crippen molar-refractivity contribution in [2.45, 2.75) is 31.2 Å². The number of aromatic nitrogens is 3. The molecule has 138 valence electrons. The molecule has 1 aliphatic carbocycles. The molecule has 7 nitrogen and oxygen atoms in total. The molecule has 1 saturated heterocycles. The van der Waals surface area contributed by atoms with Crippen molar-refractivity contribution < 1.29 is 9.53 Å². The largest absolute Gasteiger partial charge is 0.381 e. The molecule has 0 aromatic carbocycles. The van der Waals surface area contributed by atoms with E-state index in [1.165, 1.54) is 12.8 Å². The number of anilines is 1. The van der Waals surface area contributed by atoms with Crippen LogP contribution in [0.15, 0.2) is 30.7 Å². The van der Waals surface area contributed by atoms with Crippen LogP contribution in [0.5, 0.6) is 0 Å². The van der Waals surface area contributed by atoms with Gasteiger partial charge in [0.05, 0.1) is 12.3 Å². The Labute approximate surface area is 153 Å². The molecule has 7 heteroatoms. The number of hydrogen-bond acceptors (Lipinski definition) is 5. The maximum atomic E-state index is 12.7. The predicted molar refractivity (Wildman–Crippen MR) is 98.4 cm³/mol. The molecule has 2 aromatic heterocycles. The van der Waals surface area contributed by atoms with Crippen LogP contribution in [-0.2, 0) is 4.74 Å². The summed E-state index contributed by atoms with van der Waals surface area (Å²) in [6.07, 6.45) is 6.94. The number of amides is 1. The summed E-state index contributed by atoms with van der Waals surface area (Å²) in [5, 5.41) is 3.30. The summed E-state index contributed by atoms with van der Waals surface area (Å²) in [6, 6.07) is 6.35. The number of ether oxygens (including phenoxy) is 1. The summed E-state index contributed by atoms with van der Waals surface area (Å²) in [7, 11) is 1.84. The zero-order valence-electron chi connectivity index (χ0n) is 15.1. The third-order valence-corrected chi connectivity index (χ3v) is 5.07. The summed E-state index contributed by atoms with van der Waals surface area (Å²) in [6.45, 7) is 2.78. The van der Waals surface area contributed by atoms with Crippen LogP contribution >= 0.6 is 0 Å². The van der Waals surface area contributed by atoms with Gasteiger partial charge in [0, 0.05) is 51.0 Å². The summed E-state index contributed by atoms with van der Waals surface area (Å²) in [4.78, 5) is 23.1. The monoisotopic (exact) mass is 355 g/mol. The third kappa shape index (κ3) is 3.72. The molecule has 0 radical (unpaired) electrons. The Morgan fingerprint density at radius 3 is 3.04 bits per heavy atom. The van der Waals surface area contributed by atoms with Gasteiger partial charge in [-0.3, -0.25) is 4.79 Å². The molecule has 1 saturated carbocycles. The second-order valence-electron chi connectivity index (χ2n) is 7.07. The van der Waals surface area contributed by atoms with Crippen molar-refractivity contribution in [1.82, 2.24) is 19.4 Å². The standard InChI is InChI=1S/C19H25N5O2/c1-23(19(25)17-3-2-8-24(17)15-4-5-15)9-7-20-18-11-16(21-13-22-18)14-6-10-26-12-14/h2-3,8,11,13-15H,4-7,9-10,12H2,1H3,(H,20,21,22)/t14-/m0/s1. The molecule has 0 unspecified atom stereocenters. The molecule has 0 bridgehead atoms. The van der Waals surface area contributed by atoms with Gasteiger partial charge in [-0.25, -0.2) is 9.97 Å². The van der Waals surface area contributed by atoms with E-state index < -0.39 is 0 Å². The number of carbonyl (C=O) groups is 1. The Balaban J connectivity index is 1.30. The quantitative estimate of drug-likeness (QED) is 0.825. The molecule has 1 atom stereocenters. The first-order chi connectivity index (χ1) is 12.7. The second kappa shape index (κ2) is 7.45. The number of nitrogens with one attached hydrogen (secondary N) is 1. The number of hydrogen-bond donors (Lipinski definition) is 1. The Morgan fingerprint density at radius 2 is 2.27 bits per heavy atom. The number of likely N-dealkylation sites (N-methyl/N-ethyl adjacent to an activating group) is 1. The zero-order chi connectivity index (χ0) is 17.9. The van der Waals surface area contributed by atoms with E-state index >= 15 is 0 Å². The van der Waals surface area contributed by atoms with Gasteiger partial charge < -0.3 is 19.5 Å². The molecule has 2 aliphatic rings. The lowest BCUT2D eigenvalue weighted by molar-refractivity contribution is 0.0789. The molecular formula is C19H25N5O2. The lowest BCUT2D eigenvalue weighted by Crippen LogP contribution is -2.32. The highest BCUT2D eigenvalue weighted by Gasteiger charge is 2.27. The average Bonchev–Trinajstić information content (AvgIpc) is 3.15. The number of nitrogens with zero attached hydrogens (tertiary/aromatic N) is 4. The first kappa shape index (κ1) is 17.0. The van der Waals surface area contributed by atoms with Crippen molar-refractivity contribution in [3.63, 3.8) is 0 Å². The summed E-state index contributed by atoms with van der Waals surface area (Å²) in [5.41, 5.74) is 1.80. The van der Waals surface area contributed by atoms with Gasteiger partial charge in [-0.2, -0.15) is 0 Å². The van der Waals surface area contributed by atoms with Crippen LogP contribution in [0, 0.1) is 0 Å². The van der Waals surface area contributed by atoms with Crippen LogP contribution in [0.3, 0.4) is 0 Å². The highest BCUT2D eigenvalue weighted by Crippen LogP contribution is 2.36. The fourth-order valence-corrected chi connectivity index (χ4v) is 3.35. The van der Waals surface area contributed by atoms with Crippen molar-refractivity contribution in [3.05, 3.63) is 42.1 Å². The van der Waals surface area contributed by atoms with Gasteiger partial charge in [0.2, 0.25) is 0 Å². The molecular weight excluding hydrogens is 330 g/mol. The summed E-state index contributed by atoms with van der Waals surface area (Å²) >= 11 is 0. The lowest BCUT2D eigenvalue weighted by Gasteiger charge is -2.19. The van der Waals surface area contributed by atoms with E-state index in [0.29, 0.717) is 25.0 Å². The molecule has 0 spiro atoms. The minimum Gasteiger partial charge on any atom is -0.381 e. The molecule has 3 heterocycles. The van der Waals surface area contributed by atoms with Gasteiger partial charge >= 0.3 is 0 Å². The van der Waals surface area contributed by atoms with Crippen LogP contribution in [0.4, 0.5) is 5.82 Å². The van der Waals surface area contributed by atoms with E-state index in [1.54, 1.807) is 11.2 Å². The van der Waals surface area contributed by atoms with Crippen molar-refractivity contribution >= 4 is 11.7 Å². The van der Waals surface area contributed by atoms with E-state index in [-0.39, 0.29) is 5.91 Å². The SMILES string of the molecule is CN(CCNc1cc([C@H]2CCOC2)ncn1)C(=O)c1cccn1C1CC1. The minimum absolute atomic E-state index is 0.0650. The Morgan fingerprint density at radius 1 is 1.38 bits per heavy atom. The molecule has 26 heavy (non-hydrogen) atoms. The highest BCUT2D eigenvalue weighted by atomic mass is 16.5. The first-order valence-electron chi connectivity index (χ1n) is 9.28. The first-order valence-corrected chi connectivity index (χ1v) is 9.28. The smallest absolute Gasteiger partial charge is 0.270 e. The van der Waals surface area contributed by atoms with Gasteiger partial charge in [0.1, 0.15) is 17.8 Å². The van der Waals surface area contributed by atoms with Crippen LogP contribution in [0.25, 0.3) is 0 Å². The van der Waals surface area contributed by atoms with Crippen molar-refractivity contribution in [3.8, 4) is 0 Å². The van der Waals surface area contributed by atoms with E-state index in [9.17, 15) is 4.79 Å². The van der Waals surface area contributed by atoms with Gasteiger partial charge in [0.25, 0.3) is 5.91 Å². The molecule has 2 aromatic rings. The van der Waals surface area contributed by atoms with Crippen molar-refractivity contribution in [1.29, 1.82) is 0 Å². The second-order valence-corrected chi connectivity index (χ2v) is 7.07. The van der Waals surface area contributed by atoms with E-state index in [1.807, 2.05) is 31.4 Å². The Hall–Kier alpha value is -2.41. The highest BCUT2D eigenvalue weighted by molar-refractivity contribution is 5.92. The van der Waals surface area contributed by atoms with Crippen LogP contribution in [0.2, 0.25) is 0 Å². The van der Waals surface area contributed by atoms with Gasteiger partial charge in [0.15, 0.2) is 0 Å². The maximum absolute atomic E-state index is 12.7. The molecule has 2 fully saturated rings. The minimum atomic E-state index is 0.0650. The predicted octanol–water partition coefficient (Wildman–Crippen LogP) is 2.30. The fraction of sp³-hybridized carbons (Fsp3) is 0.526. The maximum Gasteiger partial charge on any atom is 0.270 e. The zero-order valence-corrected chi connectivity index (χ0v) is 15.1. The van der Waals surface area contributed by atoms with Crippen molar-refractivity contribution in [2.75, 3.05) is 38.7 Å². The van der Waals surface area contributed by atoms with Crippen LogP contribution < -0.4 is 5.32 Å². The summed E-state index contributed by atoms with van der Waals surface area (Å²) < 4.78 is 7.53. The Kier molecular flexibility index (Phi) is 4.88. The Bertz CT molecular complexity index is 765. The van der Waals surface area contributed by atoms with Gasteiger partial charge in [-0.1, -0.05) is 0 Å². The van der Waals surface area contributed by atoms with Gasteiger partial charge in [-0.05, 0) is 31.4 Å². The number of carbonyl (C=O) groups excluding carboxylic acids is 1. The van der Waals surface area contributed by atoms with E-state index in [4.69, 9.17) is 4.74 Å². The molecule has 1 aliphatic heterocycles. The van der Waals surface area contributed by atoms with E-state index in [0.717, 1.165) is 36.8 Å². The van der Waals surface area contributed by atoms with E-state index in [2.05, 4.69) is 19.9 Å². The molecule has 1 amide bonds. The average molecular weight is 355 g/mol. The van der Waals surface area contributed by atoms with Gasteiger partial charge in [-0.15, -0.1) is 0 Å². The van der Waals surface area contributed by atoms with Crippen molar-refractivity contribution in [2.24, 2.45) is 0 Å². The number of rotatable bonds is 7. The summed E-state index contributed by atoms with van der Waals surface area (Å²) in [5.74, 6) is 1.22. The lowest BCUT2D eigenvalue weighted by atomic mass is 10.1. The fourth-order valence-electron chi connectivity index (χ4n) is 3.35. The van der Waals surface area contributed by atoms with Crippen LogP contribution in [-0.4, -0.2) is 58.7 Å². The molecule has 1 N–H and O–H groups in total.